The van der Waals surface area contributed by atoms with Gasteiger partial charge in [-0.2, -0.15) is 9.97 Å². The standard InChI is InChI=1S/C25H37N8O8P/c1-5-25(6-2)20(36)16(13-40-42(37,28-11-17(34)38-7-3)29-12-18(35)39-8-4)41-23(25)33-14-27-19-21(30-15-9-10-15)31-24(26)32-22(19)33/h1,14-16,20,23,36H,6-13H2,2-4H3,(H2,28,29,37)(H3,26,30,31,32). The van der Waals surface area contributed by atoms with Gasteiger partial charge in [0, 0.05) is 6.04 Å². The Hall–Kier alpha value is -3.32. The number of aromatic nitrogens is 4. The molecule has 0 bridgehead atoms. The maximum absolute atomic E-state index is 13.6. The number of aliphatic hydroxyl groups excluding tert-OH is 1. The fourth-order valence-corrected chi connectivity index (χ4v) is 5.97. The minimum Gasteiger partial charge on any atom is -0.465 e. The van der Waals surface area contributed by atoms with E-state index in [0.29, 0.717) is 23.4 Å². The van der Waals surface area contributed by atoms with Crippen LogP contribution in [0.4, 0.5) is 11.8 Å². The quantitative estimate of drug-likeness (QED) is 0.107. The Labute approximate surface area is 243 Å². The summed E-state index contributed by atoms with van der Waals surface area (Å²) >= 11 is 0. The van der Waals surface area contributed by atoms with E-state index >= 15 is 0 Å². The lowest BCUT2D eigenvalue weighted by molar-refractivity contribution is -0.142. The summed E-state index contributed by atoms with van der Waals surface area (Å²) in [7, 11) is -4.06. The number of nitrogens with zero attached hydrogens (tertiary/aromatic N) is 4. The van der Waals surface area contributed by atoms with E-state index in [-0.39, 0.29) is 25.2 Å². The van der Waals surface area contributed by atoms with Gasteiger partial charge in [-0.05, 0) is 33.1 Å². The van der Waals surface area contributed by atoms with Crippen molar-refractivity contribution in [1.29, 1.82) is 0 Å². The average molecular weight is 609 g/mol. The molecule has 1 aliphatic carbocycles. The van der Waals surface area contributed by atoms with Gasteiger partial charge in [0.05, 0.1) is 26.1 Å². The molecule has 0 spiro atoms. The van der Waals surface area contributed by atoms with Gasteiger partial charge >= 0.3 is 19.6 Å². The Bertz CT molecular complexity index is 1350. The molecular formula is C25H37N8O8P. The lowest BCUT2D eigenvalue weighted by Gasteiger charge is -2.31. The van der Waals surface area contributed by atoms with Crippen LogP contribution in [0.15, 0.2) is 6.33 Å². The number of rotatable bonds is 15. The van der Waals surface area contributed by atoms with Crippen LogP contribution in [0.2, 0.25) is 0 Å². The maximum atomic E-state index is 13.6. The van der Waals surface area contributed by atoms with Crippen LogP contribution in [0.1, 0.15) is 46.3 Å². The highest BCUT2D eigenvalue weighted by Crippen LogP contribution is 2.50. The third-order valence-electron chi connectivity index (χ3n) is 6.98. The van der Waals surface area contributed by atoms with Crippen molar-refractivity contribution in [3.8, 4) is 12.3 Å². The molecule has 230 valence electrons. The minimum atomic E-state index is -4.06. The number of carbonyl (C=O) groups excluding carboxylic acids is 2. The summed E-state index contributed by atoms with van der Waals surface area (Å²) < 4.78 is 36.8. The van der Waals surface area contributed by atoms with E-state index in [1.54, 1.807) is 25.3 Å². The van der Waals surface area contributed by atoms with Crippen molar-refractivity contribution < 1.29 is 38.0 Å². The molecule has 2 fully saturated rings. The first kappa shape index (κ1) is 31.6. The molecule has 1 aliphatic heterocycles. The third kappa shape index (κ3) is 6.83. The normalized spacial score (nSPS) is 23.9. The molecule has 42 heavy (non-hydrogen) atoms. The number of carbonyl (C=O) groups is 2. The van der Waals surface area contributed by atoms with E-state index in [4.69, 9.17) is 30.9 Å². The summed E-state index contributed by atoms with van der Waals surface area (Å²) in [6.07, 6.45) is 6.48. The monoisotopic (exact) mass is 608 g/mol. The fraction of sp³-hybridized carbons (Fsp3) is 0.640. The first-order chi connectivity index (χ1) is 20.1. The van der Waals surface area contributed by atoms with Crippen molar-refractivity contribution in [2.75, 3.05) is 44.0 Å². The van der Waals surface area contributed by atoms with Crippen molar-refractivity contribution >= 4 is 42.5 Å². The molecule has 0 radical (unpaired) electrons. The van der Waals surface area contributed by atoms with Crippen LogP contribution in [0.5, 0.6) is 0 Å². The Morgan fingerprint density at radius 1 is 1.21 bits per heavy atom. The molecule has 2 aromatic heterocycles. The molecule has 1 saturated heterocycles. The van der Waals surface area contributed by atoms with Crippen LogP contribution in [-0.4, -0.2) is 87.7 Å². The lowest BCUT2D eigenvalue weighted by atomic mass is 9.78. The second-order valence-corrected chi connectivity index (χ2v) is 11.8. The summed E-state index contributed by atoms with van der Waals surface area (Å²) in [5.41, 5.74) is 5.57. The highest BCUT2D eigenvalue weighted by molar-refractivity contribution is 7.54. The zero-order valence-electron chi connectivity index (χ0n) is 23.7. The van der Waals surface area contributed by atoms with Crippen molar-refractivity contribution in [3.63, 3.8) is 0 Å². The van der Waals surface area contributed by atoms with Crippen LogP contribution in [0, 0.1) is 17.8 Å². The largest absolute Gasteiger partial charge is 0.465 e. The molecule has 3 heterocycles. The van der Waals surface area contributed by atoms with Gasteiger partial charge in [0.15, 0.2) is 23.2 Å². The molecule has 2 aliphatic rings. The molecule has 1 saturated carbocycles. The number of terminal acetylenes is 1. The first-order valence-corrected chi connectivity index (χ1v) is 15.4. The predicted molar refractivity (Wildman–Crippen MR) is 151 cm³/mol. The number of ether oxygens (including phenoxy) is 3. The number of imidazole rings is 1. The van der Waals surface area contributed by atoms with Gasteiger partial charge in [0.1, 0.15) is 30.7 Å². The summed E-state index contributed by atoms with van der Waals surface area (Å²) in [6, 6.07) is 0.282. The van der Waals surface area contributed by atoms with Crippen LogP contribution >= 0.6 is 7.67 Å². The number of nitrogens with two attached hydrogens (primary N) is 1. The van der Waals surface area contributed by atoms with E-state index in [0.717, 1.165) is 12.8 Å². The average Bonchev–Trinajstić information content (AvgIpc) is 3.61. The fourth-order valence-electron chi connectivity index (χ4n) is 4.64. The number of nitrogen functional groups attached to an aromatic ring is 1. The van der Waals surface area contributed by atoms with Gasteiger partial charge in [-0.1, -0.05) is 12.8 Å². The molecule has 16 nitrogen and oxygen atoms in total. The first-order valence-electron chi connectivity index (χ1n) is 13.7. The highest BCUT2D eigenvalue weighted by Gasteiger charge is 2.56. The smallest absolute Gasteiger partial charge is 0.341 e. The number of nitrogens with one attached hydrogen (secondary N) is 3. The van der Waals surface area contributed by atoms with Gasteiger partial charge in [-0.3, -0.25) is 18.7 Å². The summed E-state index contributed by atoms with van der Waals surface area (Å²) in [4.78, 5) is 36.9. The zero-order valence-corrected chi connectivity index (χ0v) is 24.6. The molecule has 0 aromatic carbocycles. The molecule has 2 aromatic rings. The van der Waals surface area contributed by atoms with Crippen LogP contribution < -0.4 is 21.2 Å². The van der Waals surface area contributed by atoms with Gasteiger partial charge in [0.2, 0.25) is 5.95 Å². The SMILES string of the molecule is C#CC1(CC)C(O)C(COP(=O)(NCC(=O)OCC)NCC(=O)OCC)OC1n1cnc2c(NC3CC3)nc(N)nc21. The Morgan fingerprint density at radius 2 is 1.86 bits per heavy atom. The van der Waals surface area contributed by atoms with Crippen molar-refractivity contribution in [2.45, 2.75) is 64.5 Å². The molecule has 0 amide bonds. The molecule has 17 heteroatoms. The zero-order chi connectivity index (χ0) is 30.5. The second-order valence-electron chi connectivity index (χ2n) is 9.81. The van der Waals surface area contributed by atoms with Gasteiger partial charge < -0.3 is 34.9 Å². The number of hydrogen-bond acceptors (Lipinski definition) is 13. The number of esters is 2. The van der Waals surface area contributed by atoms with E-state index in [9.17, 15) is 19.3 Å². The van der Waals surface area contributed by atoms with Crippen molar-refractivity contribution in [3.05, 3.63) is 6.33 Å². The molecule has 4 rings (SSSR count). The minimum absolute atomic E-state index is 0.0231. The predicted octanol–water partition coefficient (Wildman–Crippen LogP) is 0.701. The van der Waals surface area contributed by atoms with Crippen molar-refractivity contribution in [2.24, 2.45) is 5.41 Å². The number of hydrogen-bond donors (Lipinski definition) is 5. The topological polar surface area (TPSA) is 214 Å². The number of fused-ring (bicyclic) bond motifs is 1. The van der Waals surface area contributed by atoms with Gasteiger partial charge in [-0.15, -0.1) is 6.42 Å². The summed E-state index contributed by atoms with van der Waals surface area (Å²) in [6.45, 7) is 3.92. The highest BCUT2D eigenvalue weighted by atomic mass is 31.2. The Balaban J connectivity index is 1.57. The molecule has 4 unspecified atom stereocenters. The van der Waals surface area contributed by atoms with Crippen LogP contribution in [-0.2, 0) is 32.9 Å². The van der Waals surface area contributed by atoms with Gasteiger partial charge in [0.25, 0.3) is 0 Å². The van der Waals surface area contributed by atoms with E-state index in [1.165, 1.54) is 6.33 Å². The Morgan fingerprint density at radius 3 is 2.40 bits per heavy atom. The summed E-state index contributed by atoms with van der Waals surface area (Å²) in [5.74, 6) is 1.84. The molecular weight excluding hydrogens is 571 g/mol. The van der Waals surface area contributed by atoms with Crippen molar-refractivity contribution in [1.82, 2.24) is 29.7 Å². The number of anilines is 2. The van der Waals surface area contributed by atoms with Gasteiger partial charge in [-0.25, -0.2) is 15.2 Å². The maximum Gasteiger partial charge on any atom is 0.341 e. The second kappa shape index (κ2) is 13.3. The lowest BCUT2D eigenvalue weighted by Crippen LogP contribution is -2.40. The molecule has 4 atom stereocenters. The van der Waals surface area contributed by atoms with E-state index in [1.807, 2.05) is 0 Å². The van der Waals surface area contributed by atoms with Crippen LogP contribution in [0.25, 0.3) is 11.2 Å². The van der Waals surface area contributed by atoms with E-state index < -0.39 is 63.2 Å². The number of aliphatic hydroxyl groups is 1. The van der Waals surface area contributed by atoms with E-state index in [2.05, 4.69) is 36.4 Å². The van der Waals surface area contributed by atoms with Crippen LogP contribution in [0.3, 0.4) is 0 Å². The molecule has 6 N–H and O–H groups in total. The Kier molecular flexibility index (Phi) is 10.0. The third-order valence-corrected chi connectivity index (χ3v) is 8.64. The summed E-state index contributed by atoms with van der Waals surface area (Å²) in [5, 5.41) is 19.7.